The summed E-state index contributed by atoms with van der Waals surface area (Å²) in [7, 11) is 0. The van der Waals surface area contributed by atoms with Crippen molar-refractivity contribution in [3.8, 4) is 0 Å². The van der Waals surface area contributed by atoms with Crippen LogP contribution in [0.4, 0.5) is 4.39 Å². The molecule has 1 saturated heterocycles. The third kappa shape index (κ3) is 6.42. The topological polar surface area (TPSA) is 113 Å². The molecule has 2 atom stereocenters. The van der Waals surface area contributed by atoms with Gasteiger partial charge in [-0.15, -0.1) is 0 Å². The number of carbonyl (C=O) groups excluding carboxylic acids is 2. The van der Waals surface area contributed by atoms with Crippen LogP contribution in [0.25, 0.3) is 5.57 Å². The number of aromatic amines is 1. The Morgan fingerprint density at radius 1 is 1.29 bits per heavy atom. The molecule has 0 saturated carbocycles. The van der Waals surface area contributed by atoms with Crippen LogP contribution in [-0.4, -0.2) is 74.2 Å². The number of aliphatic hydroxyl groups is 1. The van der Waals surface area contributed by atoms with Crippen molar-refractivity contribution < 1.29 is 19.1 Å². The van der Waals surface area contributed by atoms with Gasteiger partial charge in [0.25, 0.3) is 11.8 Å². The molecule has 8 nitrogen and oxygen atoms in total. The van der Waals surface area contributed by atoms with E-state index in [1.807, 2.05) is 27.7 Å². The summed E-state index contributed by atoms with van der Waals surface area (Å²) in [5, 5.41) is 18.5. The Kier molecular flexibility index (Phi) is 8.56. The molecule has 1 aliphatic rings. The highest BCUT2D eigenvalue weighted by Crippen LogP contribution is 2.19. The standard InChI is InChI=1S/C26H34FN5O3/c1-5-18(13-21(28)19-6-8-20(27)9-7-19)24-29-14-22(30-24)25(34)31-10-11-32(17(4)15-31)26(35)23(33)12-16(2)3/h6-9,13-14,16-17,23,28,33H,5,10-12,15H2,1-4H3,(H,29,30)/b18-13-,28-21?. The maximum atomic E-state index is 13.2. The molecular formula is C26H34FN5O3. The second kappa shape index (κ2) is 11.4. The number of aliphatic hydroxyl groups excluding tert-OH is 1. The molecule has 1 aromatic carbocycles. The minimum absolute atomic E-state index is 0.211. The predicted molar refractivity (Wildman–Crippen MR) is 133 cm³/mol. The van der Waals surface area contributed by atoms with Crippen molar-refractivity contribution >= 4 is 23.1 Å². The van der Waals surface area contributed by atoms with E-state index in [-0.39, 0.29) is 35.3 Å². The number of hydrogen-bond donors (Lipinski definition) is 3. The van der Waals surface area contributed by atoms with Crippen molar-refractivity contribution in [1.82, 2.24) is 19.8 Å². The Bertz CT molecular complexity index is 1090. The van der Waals surface area contributed by atoms with Crippen LogP contribution in [0.3, 0.4) is 0 Å². The smallest absolute Gasteiger partial charge is 0.272 e. The molecule has 2 unspecified atom stereocenters. The molecule has 2 aromatic rings. The highest BCUT2D eigenvalue weighted by molar-refractivity contribution is 6.10. The van der Waals surface area contributed by atoms with Gasteiger partial charge in [-0.2, -0.15) is 0 Å². The van der Waals surface area contributed by atoms with Gasteiger partial charge in [-0.1, -0.05) is 20.8 Å². The van der Waals surface area contributed by atoms with Crippen LogP contribution in [0.15, 0.2) is 36.5 Å². The molecule has 0 aliphatic carbocycles. The Hall–Kier alpha value is -3.33. The highest BCUT2D eigenvalue weighted by atomic mass is 19.1. The zero-order valence-electron chi connectivity index (χ0n) is 20.7. The molecule has 9 heteroatoms. The first-order valence-electron chi connectivity index (χ1n) is 12.0. The Labute approximate surface area is 205 Å². The molecule has 0 bridgehead atoms. The SMILES string of the molecule is CC/C(=C/C(=N)c1ccc(F)cc1)c1ncc(C(=O)N2CCN(C(=O)C(O)CC(C)C)C(C)C2)[nH]1. The zero-order chi connectivity index (χ0) is 25.7. The lowest BCUT2D eigenvalue weighted by Gasteiger charge is -2.40. The molecule has 0 radical (unpaired) electrons. The molecule has 1 aliphatic heterocycles. The Morgan fingerprint density at radius 3 is 2.57 bits per heavy atom. The molecule has 3 rings (SSSR count). The van der Waals surface area contributed by atoms with E-state index < -0.39 is 6.10 Å². The van der Waals surface area contributed by atoms with Gasteiger partial charge >= 0.3 is 0 Å². The van der Waals surface area contributed by atoms with E-state index >= 15 is 0 Å². The van der Waals surface area contributed by atoms with Crippen LogP contribution in [0.1, 0.15) is 62.4 Å². The monoisotopic (exact) mass is 483 g/mol. The largest absolute Gasteiger partial charge is 0.383 e. The van der Waals surface area contributed by atoms with Gasteiger partial charge in [-0.3, -0.25) is 9.59 Å². The van der Waals surface area contributed by atoms with Crippen molar-refractivity contribution in [2.24, 2.45) is 5.92 Å². The van der Waals surface area contributed by atoms with Gasteiger partial charge in [0.15, 0.2) is 0 Å². The average molecular weight is 484 g/mol. The van der Waals surface area contributed by atoms with E-state index in [2.05, 4.69) is 9.97 Å². The summed E-state index contributed by atoms with van der Waals surface area (Å²) in [6.45, 7) is 8.80. The first-order valence-corrected chi connectivity index (χ1v) is 12.0. The number of allylic oxidation sites excluding steroid dienone is 2. The van der Waals surface area contributed by atoms with E-state index in [9.17, 15) is 19.1 Å². The van der Waals surface area contributed by atoms with Crippen molar-refractivity contribution in [3.05, 3.63) is 59.4 Å². The summed E-state index contributed by atoms with van der Waals surface area (Å²) in [6, 6.07) is 5.50. The number of carbonyl (C=O) groups is 2. The molecule has 3 N–H and O–H groups in total. The van der Waals surface area contributed by atoms with Crippen molar-refractivity contribution in [2.75, 3.05) is 19.6 Å². The molecule has 2 heterocycles. The van der Waals surface area contributed by atoms with Gasteiger partial charge in [0.2, 0.25) is 0 Å². The Balaban J connectivity index is 1.67. The van der Waals surface area contributed by atoms with E-state index in [1.165, 1.54) is 18.3 Å². The van der Waals surface area contributed by atoms with Crippen LogP contribution < -0.4 is 0 Å². The molecule has 0 spiro atoms. The average Bonchev–Trinajstić information content (AvgIpc) is 3.31. The van der Waals surface area contributed by atoms with Gasteiger partial charge in [0, 0.05) is 25.7 Å². The lowest BCUT2D eigenvalue weighted by Crippen LogP contribution is -2.57. The van der Waals surface area contributed by atoms with E-state index in [0.29, 0.717) is 49.6 Å². The Morgan fingerprint density at radius 2 is 1.97 bits per heavy atom. The van der Waals surface area contributed by atoms with Crippen LogP contribution in [0.2, 0.25) is 0 Å². The maximum Gasteiger partial charge on any atom is 0.272 e. The number of nitrogens with one attached hydrogen (secondary N) is 2. The summed E-state index contributed by atoms with van der Waals surface area (Å²) < 4.78 is 13.2. The number of benzene rings is 1. The number of halogens is 1. The summed E-state index contributed by atoms with van der Waals surface area (Å²) in [4.78, 5) is 36.5. The first-order chi connectivity index (χ1) is 16.6. The minimum Gasteiger partial charge on any atom is -0.383 e. The fraction of sp³-hybridized carbons (Fsp3) is 0.462. The molecule has 1 fully saturated rings. The van der Waals surface area contributed by atoms with Crippen LogP contribution in [-0.2, 0) is 4.79 Å². The predicted octanol–water partition coefficient (Wildman–Crippen LogP) is 3.49. The highest BCUT2D eigenvalue weighted by Gasteiger charge is 2.33. The number of piperazine rings is 1. The molecule has 2 amide bonds. The number of H-pyrrole nitrogens is 1. The van der Waals surface area contributed by atoms with Crippen LogP contribution in [0.5, 0.6) is 0 Å². The second-order valence-corrected chi connectivity index (χ2v) is 9.37. The summed E-state index contributed by atoms with van der Waals surface area (Å²) in [5.41, 5.74) is 1.89. The third-order valence-electron chi connectivity index (χ3n) is 6.14. The van der Waals surface area contributed by atoms with E-state index in [0.717, 1.165) is 5.57 Å². The van der Waals surface area contributed by atoms with Gasteiger partial charge in [0.05, 0.1) is 11.9 Å². The molecular weight excluding hydrogens is 449 g/mol. The zero-order valence-corrected chi connectivity index (χ0v) is 20.7. The van der Waals surface area contributed by atoms with Crippen LogP contribution in [0, 0.1) is 17.1 Å². The number of amides is 2. The molecule has 35 heavy (non-hydrogen) atoms. The number of aromatic nitrogens is 2. The first kappa shape index (κ1) is 26.3. The molecule has 1 aromatic heterocycles. The van der Waals surface area contributed by atoms with Crippen LogP contribution >= 0.6 is 0 Å². The van der Waals surface area contributed by atoms with Gasteiger partial charge in [-0.05, 0) is 67.2 Å². The summed E-state index contributed by atoms with van der Waals surface area (Å²) in [5.74, 6) is -0.149. The maximum absolute atomic E-state index is 13.2. The number of rotatable bonds is 8. The summed E-state index contributed by atoms with van der Waals surface area (Å²) >= 11 is 0. The fourth-order valence-corrected chi connectivity index (χ4v) is 4.20. The fourth-order valence-electron chi connectivity index (χ4n) is 4.20. The quantitative estimate of drug-likeness (QED) is 0.499. The van der Waals surface area contributed by atoms with E-state index in [4.69, 9.17) is 5.41 Å². The molecule has 188 valence electrons. The van der Waals surface area contributed by atoms with Gasteiger partial charge in [0.1, 0.15) is 23.4 Å². The van der Waals surface area contributed by atoms with E-state index in [1.54, 1.807) is 28.0 Å². The lowest BCUT2D eigenvalue weighted by atomic mass is 10.0. The third-order valence-corrected chi connectivity index (χ3v) is 6.14. The lowest BCUT2D eigenvalue weighted by molar-refractivity contribution is -0.145. The van der Waals surface area contributed by atoms with Crippen molar-refractivity contribution in [3.63, 3.8) is 0 Å². The summed E-state index contributed by atoms with van der Waals surface area (Å²) in [6.07, 6.45) is 3.11. The van der Waals surface area contributed by atoms with Crippen molar-refractivity contribution in [2.45, 2.75) is 52.7 Å². The van der Waals surface area contributed by atoms with Gasteiger partial charge < -0.3 is 25.3 Å². The normalized spacial score (nSPS) is 17.6. The number of imidazole rings is 1. The number of hydrogen-bond acceptors (Lipinski definition) is 5. The van der Waals surface area contributed by atoms with Crippen molar-refractivity contribution in [1.29, 1.82) is 5.41 Å². The number of nitrogens with zero attached hydrogens (tertiary/aromatic N) is 3. The second-order valence-electron chi connectivity index (χ2n) is 9.37. The van der Waals surface area contributed by atoms with Gasteiger partial charge in [-0.25, -0.2) is 9.37 Å². The minimum atomic E-state index is -1.03.